The number of hydrazone groups is 1. The Kier molecular flexibility index (Phi) is 4.31. The Morgan fingerprint density at radius 1 is 1.18 bits per heavy atom. The predicted molar refractivity (Wildman–Crippen MR) is 75.3 cm³/mol. The van der Waals surface area contributed by atoms with Gasteiger partial charge in [-0.05, 0) is 19.1 Å². The van der Waals surface area contributed by atoms with Gasteiger partial charge < -0.3 is 5.11 Å². The molecule has 0 unspecified atom stereocenters. The number of carboxylic acid groups (broad SMARTS) is 1. The number of rotatable bonds is 5. The van der Waals surface area contributed by atoms with Gasteiger partial charge in [-0.25, -0.2) is 5.43 Å². The molecule has 2 rings (SSSR count). The summed E-state index contributed by atoms with van der Waals surface area (Å²) in [6.45, 7) is 1.43. The number of benzene rings is 1. The molecule has 3 amide bonds. The fourth-order valence-electron chi connectivity index (χ4n) is 1.98. The average Bonchev–Trinajstić information content (AvgIpc) is 2.70. The average molecular weight is 303 g/mol. The van der Waals surface area contributed by atoms with Crippen LogP contribution in [-0.2, 0) is 9.59 Å². The van der Waals surface area contributed by atoms with E-state index in [4.69, 9.17) is 5.11 Å². The summed E-state index contributed by atoms with van der Waals surface area (Å²) in [4.78, 5) is 46.7. The minimum Gasteiger partial charge on any atom is -0.481 e. The van der Waals surface area contributed by atoms with Gasteiger partial charge in [-0.15, -0.1) is 0 Å². The van der Waals surface area contributed by atoms with Gasteiger partial charge in [0, 0.05) is 0 Å². The van der Waals surface area contributed by atoms with Gasteiger partial charge in [0.25, 0.3) is 17.7 Å². The maximum absolute atomic E-state index is 12.1. The standard InChI is InChI=1S/C14H13N3O5/c1-8(15-16-11(18)6-12(19)20)7-17-13(21)9-4-2-3-5-10(9)14(17)22/h2-5H,6-7H2,1H3,(H,16,18)(H,19,20). The normalized spacial score (nSPS) is 14.0. The van der Waals surface area contributed by atoms with Gasteiger partial charge >= 0.3 is 5.97 Å². The second kappa shape index (κ2) is 6.17. The first-order chi connectivity index (χ1) is 10.4. The highest BCUT2D eigenvalue weighted by Crippen LogP contribution is 2.21. The molecule has 1 aromatic rings. The molecule has 1 aromatic carbocycles. The van der Waals surface area contributed by atoms with E-state index in [0.29, 0.717) is 16.8 Å². The molecule has 0 bridgehead atoms. The Morgan fingerprint density at radius 2 is 1.73 bits per heavy atom. The van der Waals surface area contributed by atoms with Gasteiger partial charge in [-0.2, -0.15) is 5.10 Å². The molecule has 0 radical (unpaired) electrons. The van der Waals surface area contributed by atoms with Crippen molar-refractivity contribution < 1.29 is 24.3 Å². The Hall–Kier alpha value is -3.03. The molecular weight excluding hydrogens is 290 g/mol. The van der Waals surface area contributed by atoms with Gasteiger partial charge in [0.2, 0.25) is 0 Å². The van der Waals surface area contributed by atoms with Crippen molar-refractivity contribution in [2.75, 3.05) is 6.54 Å². The zero-order valence-corrected chi connectivity index (χ0v) is 11.7. The number of carbonyl (C=O) groups is 4. The van der Waals surface area contributed by atoms with E-state index in [9.17, 15) is 19.2 Å². The van der Waals surface area contributed by atoms with E-state index < -0.39 is 30.1 Å². The number of imide groups is 1. The van der Waals surface area contributed by atoms with Crippen molar-refractivity contribution in [1.29, 1.82) is 0 Å². The van der Waals surface area contributed by atoms with Crippen molar-refractivity contribution in [3.63, 3.8) is 0 Å². The third kappa shape index (κ3) is 3.17. The van der Waals surface area contributed by atoms with Crippen LogP contribution >= 0.6 is 0 Å². The summed E-state index contributed by atoms with van der Waals surface area (Å²) >= 11 is 0. The minimum absolute atomic E-state index is 0.0836. The molecule has 8 heteroatoms. The van der Waals surface area contributed by atoms with Crippen LogP contribution in [0.15, 0.2) is 29.4 Å². The van der Waals surface area contributed by atoms with E-state index in [1.165, 1.54) is 6.92 Å². The fourth-order valence-corrected chi connectivity index (χ4v) is 1.98. The van der Waals surface area contributed by atoms with Crippen LogP contribution in [0.4, 0.5) is 0 Å². The number of fused-ring (bicyclic) bond motifs is 1. The summed E-state index contributed by atoms with van der Waals surface area (Å²) in [6, 6.07) is 6.47. The number of nitrogens with zero attached hydrogens (tertiary/aromatic N) is 2. The van der Waals surface area contributed by atoms with Crippen LogP contribution < -0.4 is 5.43 Å². The van der Waals surface area contributed by atoms with Crippen molar-refractivity contribution in [2.45, 2.75) is 13.3 Å². The molecule has 114 valence electrons. The molecule has 0 saturated carbocycles. The molecule has 0 aliphatic carbocycles. The second-order valence-corrected chi connectivity index (χ2v) is 4.69. The Bertz CT molecular complexity index is 660. The monoisotopic (exact) mass is 303 g/mol. The van der Waals surface area contributed by atoms with Crippen LogP contribution in [-0.4, -0.2) is 46.0 Å². The largest absolute Gasteiger partial charge is 0.481 e. The Labute approximate surface area is 125 Å². The lowest BCUT2D eigenvalue weighted by molar-refractivity contribution is -0.140. The SMILES string of the molecule is CC(CN1C(=O)c2ccccc2C1=O)=NNC(=O)CC(=O)O. The maximum Gasteiger partial charge on any atom is 0.312 e. The van der Waals surface area contributed by atoms with Crippen molar-refractivity contribution in [3.8, 4) is 0 Å². The van der Waals surface area contributed by atoms with Crippen molar-refractivity contribution >= 4 is 29.4 Å². The number of aliphatic carboxylic acids is 1. The molecule has 1 aliphatic rings. The molecule has 1 aliphatic heterocycles. The van der Waals surface area contributed by atoms with Gasteiger partial charge in [-0.3, -0.25) is 24.1 Å². The summed E-state index contributed by atoms with van der Waals surface area (Å²) in [7, 11) is 0. The van der Waals surface area contributed by atoms with E-state index in [0.717, 1.165) is 4.90 Å². The lowest BCUT2D eigenvalue weighted by Crippen LogP contribution is -2.35. The molecule has 0 aromatic heterocycles. The van der Waals surface area contributed by atoms with Gasteiger partial charge in [0.05, 0.1) is 23.4 Å². The van der Waals surface area contributed by atoms with Crippen molar-refractivity contribution in [2.24, 2.45) is 5.10 Å². The number of carbonyl (C=O) groups excluding carboxylic acids is 3. The third-order valence-corrected chi connectivity index (χ3v) is 2.95. The Morgan fingerprint density at radius 3 is 2.23 bits per heavy atom. The van der Waals surface area contributed by atoms with E-state index in [1.54, 1.807) is 24.3 Å². The van der Waals surface area contributed by atoms with E-state index in [1.807, 2.05) is 0 Å². The minimum atomic E-state index is -1.27. The smallest absolute Gasteiger partial charge is 0.312 e. The summed E-state index contributed by atoms with van der Waals surface area (Å²) in [6.07, 6.45) is -0.705. The van der Waals surface area contributed by atoms with E-state index in [2.05, 4.69) is 10.5 Å². The zero-order chi connectivity index (χ0) is 16.3. The number of hydrogen-bond acceptors (Lipinski definition) is 5. The van der Waals surface area contributed by atoms with Crippen LogP contribution in [0.5, 0.6) is 0 Å². The lowest BCUT2D eigenvalue weighted by atomic mass is 10.1. The summed E-state index contributed by atoms with van der Waals surface area (Å²) in [5, 5.41) is 12.1. The summed E-state index contributed by atoms with van der Waals surface area (Å²) in [5.41, 5.74) is 3.01. The highest BCUT2D eigenvalue weighted by molar-refractivity contribution is 6.22. The van der Waals surface area contributed by atoms with E-state index >= 15 is 0 Å². The van der Waals surface area contributed by atoms with Crippen LogP contribution in [0.1, 0.15) is 34.1 Å². The first-order valence-corrected chi connectivity index (χ1v) is 6.39. The quantitative estimate of drug-likeness (QED) is 0.350. The molecule has 0 spiro atoms. The number of amides is 3. The molecule has 1 heterocycles. The van der Waals surface area contributed by atoms with Crippen molar-refractivity contribution in [3.05, 3.63) is 35.4 Å². The zero-order valence-electron chi connectivity index (χ0n) is 11.7. The van der Waals surface area contributed by atoms with Crippen molar-refractivity contribution in [1.82, 2.24) is 10.3 Å². The van der Waals surface area contributed by atoms with Crippen LogP contribution in [0, 0.1) is 0 Å². The molecule has 0 fully saturated rings. The summed E-state index contributed by atoms with van der Waals surface area (Å²) in [5.74, 6) is -2.90. The first kappa shape index (κ1) is 15.4. The van der Waals surface area contributed by atoms with Crippen LogP contribution in [0.2, 0.25) is 0 Å². The fraction of sp³-hybridized carbons (Fsp3) is 0.214. The van der Waals surface area contributed by atoms with E-state index in [-0.39, 0.29) is 6.54 Å². The molecule has 0 saturated heterocycles. The van der Waals surface area contributed by atoms with Gasteiger partial charge in [-0.1, -0.05) is 12.1 Å². The number of carboxylic acids is 1. The lowest BCUT2D eigenvalue weighted by Gasteiger charge is -2.13. The third-order valence-electron chi connectivity index (χ3n) is 2.95. The topological polar surface area (TPSA) is 116 Å². The van der Waals surface area contributed by atoms with Crippen LogP contribution in [0.25, 0.3) is 0 Å². The molecule has 0 atom stereocenters. The summed E-state index contributed by atoms with van der Waals surface area (Å²) < 4.78 is 0. The number of hydrogen-bond donors (Lipinski definition) is 2. The van der Waals surface area contributed by atoms with Crippen LogP contribution in [0.3, 0.4) is 0 Å². The van der Waals surface area contributed by atoms with Gasteiger partial charge in [0.15, 0.2) is 0 Å². The molecule has 22 heavy (non-hydrogen) atoms. The second-order valence-electron chi connectivity index (χ2n) is 4.69. The van der Waals surface area contributed by atoms with Gasteiger partial charge in [0.1, 0.15) is 6.42 Å². The molecule has 2 N–H and O–H groups in total. The predicted octanol–water partition coefficient (Wildman–Crippen LogP) is 0.249. The maximum atomic E-state index is 12.1. The molecular formula is C14H13N3O5. The molecule has 8 nitrogen and oxygen atoms in total. The Balaban J connectivity index is 2.03. The number of nitrogens with one attached hydrogen (secondary N) is 1. The highest BCUT2D eigenvalue weighted by Gasteiger charge is 2.35. The highest BCUT2D eigenvalue weighted by atomic mass is 16.4. The first-order valence-electron chi connectivity index (χ1n) is 6.39.